The van der Waals surface area contributed by atoms with Crippen molar-refractivity contribution in [2.45, 2.75) is 32.9 Å². The van der Waals surface area contributed by atoms with Crippen LogP contribution in [-0.4, -0.2) is 29.1 Å². The lowest BCUT2D eigenvalue weighted by Crippen LogP contribution is -2.41. The van der Waals surface area contributed by atoms with Crippen molar-refractivity contribution in [2.75, 3.05) is 13.1 Å². The van der Waals surface area contributed by atoms with Gasteiger partial charge in [0.15, 0.2) is 5.76 Å². The summed E-state index contributed by atoms with van der Waals surface area (Å²) in [4.78, 5) is 14.7. The monoisotopic (exact) mass is 366 g/mol. The Morgan fingerprint density at radius 2 is 1.96 bits per heavy atom. The molecular formula is C19H21F3N2O2. The molecule has 3 rings (SSSR count). The van der Waals surface area contributed by atoms with Gasteiger partial charge in [-0.3, -0.25) is 4.79 Å². The highest BCUT2D eigenvalue weighted by atomic mass is 19.4. The molecule has 1 aromatic carbocycles. The van der Waals surface area contributed by atoms with Gasteiger partial charge >= 0.3 is 6.18 Å². The van der Waals surface area contributed by atoms with Crippen LogP contribution in [0.3, 0.4) is 0 Å². The first-order chi connectivity index (χ1) is 12.3. The Labute approximate surface area is 150 Å². The molecule has 1 amide bonds. The van der Waals surface area contributed by atoms with Crippen LogP contribution < -0.4 is 0 Å². The number of piperidine rings is 1. The van der Waals surface area contributed by atoms with Crippen LogP contribution in [0.5, 0.6) is 0 Å². The summed E-state index contributed by atoms with van der Waals surface area (Å²) in [6, 6.07) is 4.55. The van der Waals surface area contributed by atoms with Gasteiger partial charge in [-0.15, -0.1) is 0 Å². The highest BCUT2D eigenvalue weighted by Gasteiger charge is 2.31. The minimum atomic E-state index is -4.40. The normalized spacial score (nSPS) is 18.4. The molecule has 0 N–H and O–H groups in total. The largest absolute Gasteiger partial charge is 0.416 e. The van der Waals surface area contributed by atoms with Crippen LogP contribution in [-0.2, 0) is 6.18 Å². The van der Waals surface area contributed by atoms with E-state index in [-0.39, 0.29) is 17.2 Å². The first-order valence-electron chi connectivity index (χ1n) is 8.69. The smallest absolute Gasteiger partial charge is 0.355 e. The molecule has 1 unspecified atom stereocenters. The molecule has 140 valence electrons. The number of alkyl halides is 3. The number of rotatable bonds is 3. The number of nitrogens with zero attached hydrogens (tertiary/aromatic N) is 2. The SMILES string of the molecule is CC(C)C1CCCN(C(=O)c2cnoc2-c2ccc(C(F)(F)F)cc2)C1. The van der Waals surface area contributed by atoms with Crippen molar-refractivity contribution >= 4 is 5.91 Å². The van der Waals surface area contributed by atoms with Gasteiger partial charge in [0.25, 0.3) is 5.91 Å². The summed E-state index contributed by atoms with van der Waals surface area (Å²) < 4.78 is 43.3. The summed E-state index contributed by atoms with van der Waals surface area (Å²) in [6.07, 6.45) is -1.03. The number of likely N-dealkylation sites (tertiary alicyclic amines) is 1. The second-order valence-corrected chi connectivity index (χ2v) is 7.04. The van der Waals surface area contributed by atoms with Crippen LogP contribution in [0.4, 0.5) is 13.2 Å². The fourth-order valence-electron chi connectivity index (χ4n) is 3.32. The van der Waals surface area contributed by atoms with Crippen LogP contribution in [0.2, 0.25) is 0 Å². The van der Waals surface area contributed by atoms with Crippen LogP contribution in [0.1, 0.15) is 42.6 Å². The minimum Gasteiger partial charge on any atom is -0.355 e. The van der Waals surface area contributed by atoms with Gasteiger partial charge in [-0.1, -0.05) is 31.1 Å². The molecule has 2 heterocycles. The Balaban J connectivity index is 1.83. The molecule has 7 heteroatoms. The number of carbonyl (C=O) groups is 1. The summed E-state index contributed by atoms with van der Waals surface area (Å²) >= 11 is 0. The zero-order valence-corrected chi connectivity index (χ0v) is 14.7. The highest BCUT2D eigenvalue weighted by molar-refractivity contribution is 5.99. The Hall–Kier alpha value is -2.31. The van der Waals surface area contributed by atoms with E-state index in [1.54, 1.807) is 4.90 Å². The van der Waals surface area contributed by atoms with E-state index in [1.165, 1.54) is 18.3 Å². The fourth-order valence-corrected chi connectivity index (χ4v) is 3.32. The van der Waals surface area contributed by atoms with Crippen LogP contribution >= 0.6 is 0 Å². The Bertz CT molecular complexity index is 766. The molecule has 1 aromatic heterocycles. The third-order valence-corrected chi connectivity index (χ3v) is 4.96. The van der Waals surface area contributed by atoms with Gasteiger partial charge in [0.05, 0.1) is 11.8 Å². The number of aromatic nitrogens is 1. The lowest BCUT2D eigenvalue weighted by atomic mass is 9.87. The van der Waals surface area contributed by atoms with E-state index in [2.05, 4.69) is 19.0 Å². The molecule has 1 atom stereocenters. The highest BCUT2D eigenvalue weighted by Crippen LogP contribution is 2.32. The molecule has 1 aliphatic heterocycles. The van der Waals surface area contributed by atoms with Crippen molar-refractivity contribution in [3.63, 3.8) is 0 Å². The molecule has 0 radical (unpaired) electrons. The lowest BCUT2D eigenvalue weighted by Gasteiger charge is -2.34. The van der Waals surface area contributed by atoms with Gasteiger partial charge in [0, 0.05) is 18.7 Å². The fraction of sp³-hybridized carbons (Fsp3) is 0.474. The van der Waals surface area contributed by atoms with Crippen molar-refractivity contribution < 1.29 is 22.5 Å². The standard InChI is InChI=1S/C19H21F3N2O2/c1-12(2)14-4-3-9-24(11-14)18(25)16-10-23-26-17(16)13-5-7-15(8-6-13)19(20,21)22/h5-8,10,12,14H,3-4,9,11H2,1-2H3. The zero-order chi connectivity index (χ0) is 18.9. The second-order valence-electron chi connectivity index (χ2n) is 7.04. The summed E-state index contributed by atoms with van der Waals surface area (Å²) in [6.45, 7) is 5.63. The maximum absolute atomic E-state index is 12.9. The van der Waals surface area contributed by atoms with E-state index in [9.17, 15) is 18.0 Å². The van der Waals surface area contributed by atoms with Gasteiger partial charge in [-0.25, -0.2) is 0 Å². The van der Waals surface area contributed by atoms with Crippen molar-refractivity contribution in [1.29, 1.82) is 0 Å². The predicted octanol–water partition coefficient (Wildman–Crippen LogP) is 4.87. The first kappa shape index (κ1) is 18.5. The topological polar surface area (TPSA) is 46.3 Å². The van der Waals surface area contributed by atoms with Crippen molar-refractivity contribution in [3.05, 3.63) is 41.6 Å². The second kappa shape index (κ2) is 7.13. The molecule has 1 fully saturated rings. The van der Waals surface area contributed by atoms with Crippen molar-refractivity contribution in [3.8, 4) is 11.3 Å². The third kappa shape index (κ3) is 3.76. The van der Waals surface area contributed by atoms with Crippen LogP contribution in [0, 0.1) is 11.8 Å². The maximum atomic E-state index is 12.9. The summed E-state index contributed by atoms with van der Waals surface area (Å²) in [5.41, 5.74) is -0.0603. The molecule has 0 spiro atoms. The van der Waals surface area contributed by atoms with E-state index in [0.717, 1.165) is 25.0 Å². The molecule has 4 nitrogen and oxygen atoms in total. The van der Waals surface area contributed by atoms with Gasteiger partial charge in [0.2, 0.25) is 0 Å². The van der Waals surface area contributed by atoms with Crippen molar-refractivity contribution in [2.24, 2.45) is 11.8 Å². The van der Waals surface area contributed by atoms with Gasteiger partial charge < -0.3 is 9.42 Å². The van der Waals surface area contributed by atoms with E-state index in [4.69, 9.17) is 4.52 Å². The number of hydrogen-bond donors (Lipinski definition) is 0. The third-order valence-electron chi connectivity index (χ3n) is 4.96. The van der Waals surface area contributed by atoms with Gasteiger partial charge in [0.1, 0.15) is 5.56 Å². The first-order valence-corrected chi connectivity index (χ1v) is 8.69. The molecule has 0 aliphatic carbocycles. The Morgan fingerprint density at radius 3 is 2.58 bits per heavy atom. The number of amides is 1. The zero-order valence-electron chi connectivity index (χ0n) is 14.7. The maximum Gasteiger partial charge on any atom is 0.416 e. The lowest BCUT2D eigenvalue weighted by molar-refractivity contribution is -0.137. The number of benzene rings is 1. The molecule has 0 saturated carbocycles. The molecule has 2 aromatic rings. The van der Waals surface area contributed by atoms with Crippen molar-refractivity contribution in [1.82, 2.24) is 10.1 Å². The Kier molecular flexibility index (Phi) is 5.07. The molecule has 26 heavy (non-hydrogen) atoms. The van der Waals surface area contributed by atoms with Gasteiger partial charge in [-0.05, 0) is 36.8 Å². The molecule has 1 saturated heterocycles. The van der Waals surface area contributed by atoms with E-state index < -0.39 is 11.7 Å². The summed E-state index contributed by atoms with van der Waals surface area (Å²) in [5.74, 6) is 0.950. The number of carbonyl (C=O) groups excluding carboxylic acids is 1. The molecular weight excluding hydrogens is 345 g/mol. The quantitative estimate of drug-likeness (QED) is 0.779. The minimum absolute atomic E-state index is 0.188. The average Bonchev–Trinajstić information content (AvgIpc) is 3.10. The number of hydrogen-bond acceptors (Lipinski definition) is 3. The van der Waals surface area contributed by atoms with E-state index in [0.29, 0.717) is 30.5 Å². The van der Waals surface area contributed by atoms with Crippen LogP contribution in [0.15, 0.2) is 35.0 Å². The summed E-state index contributed by atoms with van der Waals surface area (Å²) in [5, 5.41) is 3.70. The number of halogens is 3. The van der Waals surface area contributed by atoms with E-state index >= 15 is 0 Å². The predicted molar refractivity (Wildman–Crippen MR) is 90.4 cm³/mol. The Morgan fingerprint density at radius 1 is 1.27 bits per heavy atom. The van der Waals surface area contributed by atoms with E-state index in [1.807, 2.05) is 0 Å². The average molecular weight is 366 g/mol. The molecule has 0 bridgehead atoms. The summed E-state index contributed by atoms with van der Waals surface area (Å²) in [7, 11) is 0. The molecule has 1 aliphatic rings. The van der Waals surface area contributed by atoms with Crippen LogP contribution in [0.25, 0.3) is 11.3 Å². The van der Waals surface area contributed by atoms with Gasteiger partial charge in [-0.2, -0.15) is 13.2 Å².